The summed E-state index contributed by atoms with van der Waals surface area (Å²) in [5.41, 5.74) is 0.941. The Hall–Kier alpha value is -0.360. The monoisotopic (exact) mass is 274 g/mol. The van der Waals surface area contributed by atoms with Crippen molar-refractivity contribution in [3.8, 4) is 0 Å². The first kappa shape index (κ1) is 11.1. The Labute approximate surface area is 106 Å². The molecule has 2 nitrogen and oxygen atoms in total. The van der Waals surface area contributed by atoms with Crippen LogP contribution in [0.2, 0.25) is 5.02 Å². The van der Waals surface area contributed by atoms with E-state index in [0.29, 0.717) is 0 Å². The van der Waals surface area contributed by atoms with Crippen molar-refractivity contribution in [2.45, 2.75) is 0 Å². The molecular weight excluding hydrogens is 268 g/mol. The number of nitrogens with zero attached hydrogens (tertiary/aromatic N) is 1. The molecule has 6 heteroatoms. The zero-order valence-electron chi connectivity index (χ0n) is 7.78. The molecule has 2 rings (SSSR count). The molecule has 1 aromatic carbocycles. The number of thiazole rings is 1. The number of anilines is 1. The summed E-state index contributed by atoms with van der Waals surface area (Å²) >= 11 is 14.0. The van der Waals surface area contributed by atoms with Gasteiger partial charge in [0.1, 0.15) is 4.32 Å². The number of thioether (sulfide) groups is 1. The maximum atomic E-state index is 5.89. The van der Waals surface area contributed by atoms with Crippen molar-refractivity contribution in [2.24, 2.45) is 0 Å². The van der Waals surface area contributed by atoms with Crippen LogP contribution in [-0.4, -0.2) is 15.6 Å². The van der Waals surface area contributed by atoms with Crippen LogP contribution in [0.3, 0.4) is 0 Å². The van der Waals surface area contributed by atoms with Crippen LogP contribution in [0.5, 0.6) is 0 Å². The van der Waals surface area contributed by atoms with Gasteiger partial charge in [0, 0.05) is 5.02 Å². The molecule has 0 bridgehead atoms. The zero-order valence-corrected chi connectivity index (χ0v) is 11.0. The van der Waals surface area contributed by atoms with Crippen LogP contribution in [0.15, 0.2) is 18.2 Å². The van der Waals surface area contributed by atoms with Crippen molar-refractivity contribution < 1.29 is 0 Å². The lowest BCUT2D eigenvalue weighted by Crippen LogP contribution is -2.02. The molecule has 0 amide bonds. The van der Waals surface area contributed by atoms with E-state index in [4.69, 9.17) is 23.8 Å². The summed E-state index contributed by atoms with van der Waals surface area (Å²) in [6.07, 6.45) is 1.93. The average Bonchev–Trinajstić information content (AvgIpc) is 2.59. The summed E-state index contributed by atoms with van der Waals surface area (Å²) in [5.74, 6) is 0. The molecule has 1 heterocycles. The van der Waals surface area contributed by atoms with Crippen molar-refractivity contribution in [1.82, 2.24) is 4.98 Å². The van der Waals surface area contributed by atoms with Crippen molar-refractivity contribution in [1.29, 1.82) is 0 Å². The minimum absolute atomic E-state index is 0.722. The predicted octanol–water partition coefficient (Wildman–Crippen LogP) is 4.01. The number of benzene rings is 1. The molecule has 0 atom stereocenters. The molecule has 15 heavy (non-hydrogen) atoms. The van der Waals surface area contributed by atoms with Crippen LogP contribution in [0.1, 0.15) is 0 Å². The summed E-state index contributed by atoms with van der Waals surface area (Å²) < 4.78 is 1.79. The molecule has 0 saturated carbocycles. The van der Waals surface area contributed by atoms with Gasteiger partial charge in [-0.3, -0.25) is 0 Å². The molecule has 0 aliphatic rings. The maximum absolute atomic E-state index is 5.89. The van der Waals surface area contributed by atoms with E-state index in [-0.39, 0.29) is 0 Å². The Balaban J connectivity index is 2.34. The summed E-state index contributed by atoms with van der Waals surface area (Å²) in [6.45, 7) is 0. The van der Waals surface area contributed by atoms with E-state index >= 15 is 0 Å². The highest BCUT2D eigenvalue weighted by atomic mass is 35.5. The van der Waals surface area contributed by atoms with Crippen LogP contribution in [-0.2, 0) is 0 Å². The van der Waals surface area contributed by atoms with E-state index in [9.17, 15) is 0 Å². The standard InChI is InChI=1S/C9H7ClN2S3/c1-14-9(13)12-8-11-6-3-2-5(10)4-7(6)15-8/h2-4H,1H3,(H,11,12,13). The Bertz CT molecular complexity index is 509. The zero-order chi connectivity index (χ0) is 10.8. The van der Waals surface area contributed by atoms with Crippen molar-refractivity contribution in [3.05, 3.63) is 23.2 Å². The number of aromatic nitrogens is 1. The summed E-state index contributed by atoms with van der Waals surface area (Å²) in [7, 11) is 0. The van der Waals surface area contributed by atoms with Crippen LogP contribution in [0.25, 0.3) is 10.2 Å². The number of nitrogens with one attached hydrogen (secondary N) is 1. The van der Waals surface area contributed by atoms with Gasteiger partial charge < -0.3 is 5.32 Å². The van der Waals surface area contributed by atoms with E-state index < -0.39 is 0 Å². The van der Waals surface area contributed by atoms with Gasteiger partial charge in [0.2, 0.25) is 0 Å². The first-order valence-corrected chi connectivity index (χ1v) is 6.93. The normalized spacial score (nSPS) is 10.5. The third kappa shape index (κ3) is 2.60. The Morgan fingerprint density at radius 2 is 2.40 bits per heavy atom. The third-order valence-corrected chi connectivity index (χ3v) is 3.99. The summed E-state index contributed by atoms with van der Waals surface area (Å²) in [6, 6.07) is 5.64. The number of hydrogen-bond donors (Lipinski definition) is 1. The third-order valence-electron chi connectivity index (χ3n) is 1.74. The second-order valence-electron chi connectivity index (χ2n) is 2.75. The highest BCUT2D eigenvalue weighted by molar-refractivity contribution is 8.22. The molecule has 78 valence electrons. The van der Waals surface area contributed by atoms with Crippen molar-refractivity contribution >= 4 is 66.6 Å². The Kier molecular flexibility index (Phi) is 3.45. The lowest BCUT2D eigenvalue weighted by Gasteiger charge is -1.97. The number of rotatable bonds is 1. The molecule has 0 saturated heterocycles. The first-order chi connectivity index (χ1) is 7.19. The second-order valence-corrected chi connectivity index (χ2v) is 5.70. The van der Waals surface area contributed by atoms with Gasteiger partial charge >= 0.3 is 0 Å². The van der Waals surface area contributed by atoms with Gasteiger partial charge in [-0.1, -0.05) is 35.2 Å². The van der Waals surface area contributed by atoms with Gasteiger partial charge in [-0.25, -0.2) is 4.98 Å². The molecule has 0 aliphatic carbocycles. The molecule has 1 aromatic heterocycles. The summed E-state index contributed by atoms with van der Waals surface area (Å²) in [5, 5.41) is 4.60. The van der Waals surface area contributed by atoms with Gasteiger partial charge in [-0.05, 0) is 24.5 Å². The molecule has 1 N–H and O–H groups in total. The topological polar surface area (TPSA) is 24.9 Å². The minimum Gasteiger partial charge on any atom is -0.317 e. The first-order valence-electron chi connectivity index (χ1n) is 4.10. The number of fused-ring (bicyclic) bond motifs is 1. The van der Waals surface area contributed by atoms with E-state index in [1.54, 1.807) is 11.3 Å². The fraction of sp³-hybridized carbons (Fsp3) is 0.111. The predicted molar refractivity (Wildman–Crippen MR) is 74.4 cm³/mol. The van der Waals surface area contributed by atoms with Crippen LogP contribution in [0, 0.1) is 0 Å². The molecule has 0 fully saturated rings. The lowest BCUT2D eigenvalue weighted by atomic mass is 10.3. The molecule has 0 spiro atoms. The van der Waals surface area contributed by atoms with E-state index in [0.717, 1.165) is 24.7 Å². The summed E-state index contributed by atoms with van der Waals surface area (Å²) in [4.78, 5) is 4.39. The van der Waals surface area contributed by atoms with Crippen LogP contribution < -0.4 is 5.32 Å². The van der Waals surface area contributed by atoms with Crippen LogP contribution >= 0.6 is 46.9 Å². The number of thiocarbonyl (C=S) groups is 1. The minimum atomic E-state index is 0.722. The number of hydrogen-bond acceptors (Lipinski definition) is 4. The highest BCUT2D eigenvalue weighted by Crippen LogP contribution is 2.28. The van der Waals surface area contributed by atoms with Gasteiger partial charge in [0.05, 0.1) is 10.2 Å². The Morgan fingerprint density at radius 1 is 1.60 bits per heavy atom. The lowest BCUT2D eigenvalue weighted by molar-refractivity contribution is 1.48. The van der Waals surface area contributed by atoms with Crippen molar-refractivity contribution in [2.75, 3.05) is 11.6 Å². The molecule has 0 aliphatic heterocycles. The van der Waals surface area contributed by atoms with Gasteiger partial charge in [-0.15, -0.1) is 11.8 Å². The molecule has 2 aromatic rings. The molecule has 0 unspecified atom stereocenters. The average molecular weight is 275 g/mol. The Morgan fingerprint density at radius 3 is 3.13 bits per heavy atom. The quantitative estimate of drug-likeness (QED) is 0.795. The highest BCUT2D eigenvalue weighted by Gasteiger charge is 2.04. The maximum Gasteiger partial charge on any atom is 0.189 e. The molecule has 0 radical (unpaired) electrons. The number of halogens is 1. The van der Waals surface area contributed by atoms with Gasteiger partial charge in [0.25, 0.3) is 0 Å². The van der Waals surface area contributed by atoms with Crippen LogP contribution in [0.4, 0.5) is 5.13 Å². The van der Waals surface area contributed by atoms with Gasteiger partial charge in [0.15, 0.2) is 5.13 Å². The van der Waals surface area contributed by atoms with E-state index in [2.05, 4.69) is 10.3 Å². The SMILES string of the molecule is CSC(=S)Nc1nc2ccc(Cl)cc2s1. The largest absolute Gasteiger partial charge is 0.317 e. The smallest absolute Gasteiger partial charge is 0.189 e. The van der Waals surface area contributed by atoms with E-state index in [1.165, 1.54) is 11.8 Å². The molecular formula is C9H7ClN2S3. The second kappa shape index (κ2) is 4.65. The fourth-order valence-corrected chi connectivity index (χ4v) is 2.66. The van der Waals surface area contributed by atoms with Crippen molar-refractivity contribution in [3.63, 3.8) is 0 Å². The fourth-order valence-electron chi connectivity index (χ4n) is 1.09. The van der Waals surface area contributed by atoms with E-state index in [1.807, 2.05) is 24.5 Å². The van der Waals surface area contributed by atoms with Gasteiger partial charge in [-0.2, -0.15) is 0 Å².